The van der Waals surface area contributed by atoms with E-state index in [0.717, 1.165) is 24.1 Å². The van der Waals surface area contributed by atoms with Gasteiger partial charge >= 0.3 is 0 Å². The first-order valence-corrected chi connectivity index (χ1v) is 8.03. The SMILES string of the molecule is CCc1ccc(N(CCC(=O)Nc2c(F)cccc2F)C(C)=O)cc1. The number of para-hydroxylation sites is 1. The number of halogens is 2. The van der Waals surface area contributed by atoms with Crippen LogP contribution in [0.25, 0.3) is 0 Å². The molecule has 1 N–H and O–H groups in total. The number of anilines is 2. The second-order valence-electron chi connectivity index (χ2n) is 5.59. The number of hydrogen-bond donors (Lipinski definition) is 1. The number of carbonyl (C=O) groups excluding carboxylic acids is 2. The van der Waals surface area contributed by atoms with Crippen LogP contribution in [0, 0.1) is 11.6 Å². The summed E-state index contributed by atoms with van der Waals surface area (Å²) in [5.74, 6) is -2.46. The summed E-state index contributed by atoms with van der Waals surface area (Å²) in [5, 5.41) is 2.22. The van der Waals surface area contributed by atoms with Gasteiger partial charge in [0.2, 0.25) is 11.8 Å². The first kappa shape index (κ1) is 18.6. The van der Waals surface area contributed by atoms with Crippen LogP contribution in [-0.2, 0) is 16.0 Å². The molecule has 0 aliphatic carbocycles. The van der Waals surface area contributed by atoms with Gasteiger partial charge in [-0.2, -0.15) is 0 Å². The maximum Gasteiger partial charge on any atom is 0.226 e. The number of hydrogen-bond acceptors (Lipinski definition) is 2. The lowest BCUT2D eigenvalue weighted by molar-refractivity contribution is -0.117. The molecule has 2 amide bonds. The van der Waals surface area contributed by atoms with Gasteiger partial charge in [0.25, 0.3) is 0 Å². The van der Waals surface area contributed by atoms with E-state index in [0.29, 0.717) is 5.69 Å². The molecular formula is C19H20F2N2O2. The lowest BCUT2D eigenvalue weighted by Gasteiger charge is -2.21. The Morgan fingerprint density at radius 1 is 1.04 bits per heavy atom. The highest BCUT2D eigenvalue weighted by Gasteiger charge is 2.16. The van der Waals surface area contributed by atoms with Crippen LogP contribution in [-0.4, -0.2) is 18.4 Å². The van der Waals surface area contributed by atoms with Gasteiger partial charge in [-0.25, -0.2) is 8.78 Å². The third-order valence-electron chi connectivity index (χ3n) is 3.83. The molecule has 0 saturated heterocycles. The van der Waals surface area contributed by atoms with E-state index in [-0.39, 0.29) is 18.9 Å². The summed E-state index contributed by atoms with van der Waals surface area (Å²) >= 11 is 0. The number of benzene rings is 2. The normalized spacial score (nSPS) is 10.4. The highest BCUT2D eigenvalue weighted by atomic mass is 19.1. The summed E-state index contributed by atoms with van der Waals surface area (Å²) in [6, 6.07) is 10.8. The topological polar surface area (TPSA) is 49.4 Å². The molecule has 0 aromatic heterocycles. The number of nitrogens with zero attached hydrogens (tertiary/aromatic N) is 1. The van der Waals surface area contributed by atoms with Crippen molar-refractivity contribution in [3.05, 3.63) is 59.7 Å². The Bertz CT molecular complexity index is 740. The van der Waals surface area contributed by atoms with Crippen LogP contribution in [0.1, 0.15) is 25.8 Å². The molecule has 0 fully saturated rings. The van der Waals surface area contributed by atoms with Crippen LogP contribution in [0.15, 0.2) is 42.5 Å². The smallest absolute Gasteiger partial charge is 0.226 e. The third kappa shape index (κ3) is 4.86. The number of aryl methyl sites for hydroxylation is 1. The fourth-order valence-electron chi connectivity index (χ4n) is 2.41. The van der Waals surface area contributed by atoms with Crippen molar-refractivity contribution in [1.29, 1.82) is 0 Å². The van der Waals surface area contributed by atoms with Gasteiger partial charge in [0.15, 0.2) is 0 Å². The lowest BCUT2D eigenvalue weighted by Crippen LogP contribution is -2.32. The summed E-state index contributed by atoms with van der Waals surface area (Å²) in [6.45, 7) is 3.55. The Kier molecular flexibility index (Phi) is 6.22. The fourth-order valence-corrected chi connectivity index (χ4v) is 2.41. The summed E-state index contributed by atoms with van der Waals surface area (Å²) in [6.07, 6.45) is 0.805. The fraction of sp³-hybridized carbons (Fsp3) is 0.263. The van der Waals surface area contributed by atoms with Gasteiger partial charge in [0.1, 0.15) is 17.3 Å². The maximum absolute atomic E-state index is 13.6. The molecule has 0 aliphatic rings. The number of rotatable bonds is 6. The van der Waals surface area contributed by atoms with Crippen molar-refractivity contribution < 1.29 is 18.4 Å². The molecule has 4 nitrogen and oxygen atoms in total. The number of amides is 2. The number of carbonyl (C=O) groups is 2. The van der Waals surface area contributed by atoms with Gasteiger partial charge in [0.05, 0.1) is 0 Å². The van der Waals surface area contributed by atoms with Gasteiger partial charge in [-0.15, -0.1) is 0 Å². The Morgan fingerprint density at radius 2 is 1.64 bits per heavy atom. The molecular weight excluding hydrogens is 326 g/mol. The zero-order valence-electron chi connectivity index (χ0n) is 14.2. The molecule has 0 saturated carbocycles. The van der Waals surface area contributed by atoms with E-state index in [2.05, 4.69) is 5.32 Å². The maximum atomic E-state index is 13.6. The first-order valence-electron chi connectivity index (χ1n) is 8.03. The molecule has 0 heterocycles. The third-order valence-corrected chi connectivity index (χ3v) is 3.83. The lowest BCUT2D eigenvalue weighted by atomic mass is 10.1. The van der Waals surface area contributed by atoms with Crippen LogP contribution in [0.3, 0.4) is 0 Å². The summed E-state index contributed by atoms with van der Waals surface area (Å²) in [5.41, 5.74) is 1.34. The minimum atomic E-state index is -0.841. The molecule has 6 heteroatoms. The number of nitrogens with one attached hydrogen (secondary N) is 1. The Balaban J connectivity index is 2.03. The standard InChI is InChI=1S/C19H20F2N2O2/c1-3-14-7-9-15(10-8-14)23(13(2)24)12-11-18(25)22-19-16(20)5-4-6-17(19)21/h4-10H,3,11-12H2,1-2H3,(H,22,25). The molecule has 0 spiro atoms. The predicted octanol–water partition coefficient (Wildman–Crippen LogP) is 3.91. The molecule has 0 bridgehead atoms. The molecule has 0 aliphatic heterocycles. The van der Waals surface area contributed by atoms with Crippen LogP contribution < -0.4 is 10.2 Å². The van der Waals surface area contributed by atoms with Gasteiger partial charge in [0, 0.05) is 25.6 Å². The minimum Gasteiger partial charge on any atom is -0.321 e. The molecule has 0 atom stereocenters. The van der Waals surface area contributed by atoms with Crippen LogP contribution in [0.4, 0.5) is 20.2 Å². The second kappa shape index (κ2) is 8.37. The average Bonchev–Trinajstić information content (AvgIpc) is 2.59. The van der Waals surface area contributed by atoms with Gasteiger partial charge in [-0.3, -0.25) is 9.59 Å². The molecule has 25 heavy (non-hydrogen) atoms. The molecule has 0 radical (unpaired) electrons. The van der Waals surface area contributed by atoms with Gasteiger partial charge in [-0.1, -0.05) is 25.1 Å². The summed E-state index contributed by atoms with van der Waals surface area (Å²) in [7, 11) is 0. The highest BCUT2D eigenvalue weighted by Crippen LogP contribution is 2.19. The quantitative estimate of drug-likeness (QED) is 0.862. The van der Waals surface area contributed by atoms with E-state index >= 15 is 0 Å². The molecule has 0 unspecified atom stereocenters. The van der Waals surface area contributed by atoms with Gasteiger partial charge in [-0.05, 0) is 36.2 Å². The van der Waals surface area contributed by atoms with Crippen molar-refractivity contribution in [2.75, 3.05) is 16.8 Å². The Hall–Kier alpha value is -2.76. The zero-order chi connectivity index (χ0) is 18.4. The van der Waals surface area contributed by atoms with Crippen molar-refractivity contribution in [3.8, 4) is 0 Å². The highest BCUT2D eigenvalue weighted by molar-refractivity contribution is 5.94. The molecule has 2 aromatic rings. The van der Waals surface area contributed by atoms with E-state index in [1.807, 2.05) is 31.2 Å². The minimum absolute atomic E-state index is 0.0805. The Labute approximate surface area is 145 Å². The van der Waals surface area contributed by atoms with Gasteiger partial charge < -0.3 is 10.2 Å². The van der Waals surface area contributed by atoms with Crippen molar-refractivity contribution >= 4 is 23.2 Å². The van der Waals surface area contributed by atoms with E-state index in [1.165, 1.54) is 17.9 Å². The summed E-state index contributed by atoms with van der Waals surface area (Å²) < 4.78 is 27.1. The van der Waals surface area contributed by atoms with Crippen molar-refractivity contribution in [3.63, 3.8) is 0 Å². The van der Waals surface area contributed by atoms with Crippen LogP contribution in [0.5, 0.6) is 0 Å². The van der Waals surface area contributed by atoms with E-state index in [1.54, 1.807) is 0 Å². The van der Waals surface area contributed by atoms with Crippen molar-refractivity contribution in [2.24, 2.45) is 0 Å². The predicted molar refractivity (Wildman–Crippen MR) is 93.5 cm³/mol. The van der Waals surface area contributed by atoms with Crippen LogP contribution >= 0.6 is 0 Å². The van der Waals surface area contributed by atoms with Crippen molar-refractivity contribution in [1.82, 2.24) is 0 Å². The van der Waals surface area contributed by atoms with Crippen molar-refractivity contribution in [2.45, 2.75) is 26.7 Å². The van der Waals surface area contributed by atoms with E-state index in [9.17, 15) is 18.4 Å². The summed E-state index contributed by atoms with van der Waals surface area (Å²) in [4.78, 5) is 25.3. The molecule has 2 rings (SSSR count). The Morgan fingerprint density at radius 3 is 2.16 bits per heavy atom. The first-order chi connectivity index (χ1) is 11.9. The van der Waals surface area contributed by atoms with E-state index < -0.39 is 23.2 Å². The van der Waals surface area contributed by atoms with Crippen LogP contribution in [0.2, 0.25) is 0 Å². The average molecular weight is 346 g/mol. The molecule has 132 valence electrons. The second-order valence-corrected chi connectivity index (χ2v) is 5.59. The largest absolute Gasteiger partial charge is 0.321 e. The van der Waals surface area contributed by atoms with E-state index in [4.69, 9.17) is 0 Å². The zero-order valence-corrected chi connectivity index (χ0v) is 14.2. The molecule has 2 aromatic carbocycles. The monoisotopic (exact) mass is 346 g/mol.